The molecule has 0 radical (unpaired) electrons. The van der Waals surface area contributed by atoms with Crippen LogP contribution < -0.4 is 5.32 Å². The number of carbonyl (C=O) groups excluding carboxylic acids is 1. The maximum Gasteiger partial charge on any atom is 0.335 e. The maximum absolute atomic E-state index is 11.9. The summed E-state index contributed by atoms with van der Waals surface area (Å²) < 4.78 is 0. The van der Waals surface area contributed by atoms with E-state index >= 15 is 0 Å². The number of hydrogen-bond acceptors (Lipinski definition) is 3. The van der Waals surface area contributed by atoms with Crippen LogP contribution >= 0.6 is 0 Å². The summed E-state index contributed by atoms with van der Waals surface area (Å²) in [4.78, 5) is 24.2. The summed E-state index contributed by atoms with van der Waals surface area (Å²) in [7, 11) is 0. The first-order valence-electron chi connectivity index (χ1n) is 6.54. The van der Waals surface area contributed by atoms with Gasteiger partial charge in [0.1, 0.15) is 0 Å². The molecule has 0 aliphatic carbocycles. The van der Waals surface area contributed by atoms with Gasteiger partial charge in [0.2, 0.25) is 0 Å². The Morgan fingerprint density at radius 1 is 1.25 bits per heavy atom. The molecule has 0 fully saturated rings. The fourth-order valence-corrected chi connectivity index (χ4v) is 1.72. The summed E-state index contributed by atoms with van der Waals surface area (Å²) in [5, 5.41) is 20.3. The van der Waals surface area contributed by atoms with Crippen molar-refractivity contribution < 1.29 is 19.8 Å². The molecule has 0 unspecified atom stereocenters. The van der Waals surface area contributed by atoms with E-state index in [9.17, 15) is 9.59 Å². The average molecular weight is 280 g/mol. The number of amides is 2. The van der Waals surface area contributed by atoms with Gasteiger partial charge in [0.15, 0.2) is 0 Å². The lowest BCUT2D eigenvalue weighted by Crippen LogP contribution is -2.40. The van der Waals surface area contributed by atoms with Gasteiger partial charge in [-0.3, -0.25) is 0 Å². The number of urea groups is 1. The van der Waals surface area contributed by atoms with Crippen LogP contribution in [-0.2, 0) is 6.54 Å². The largest absolute Gasteiger partial charge is 0.478 e. The molecule has 0 heterocycles. The average Bonchev–Trinajstić information content (AvgIpc) is 2.46. The molecule has 6 heteroatoms. The molecule has 3 N–H and O–H groups in total. The number of carboxylic acids is 1. The number of carboxylic acid groups (broad SMARTS) is 1. The van der Waals surface area contributed by atoms with Gasteiger partial charge in [-0.2, -0.15) is 0 Å². The number of benzene rings is 1. The molecular weight excluding hydrogens is 260 g/mol. The summed E-state index contributed by atoms with van der Waals surface area (Å²) in [6.07, 6.45) is 0.550. The van der Waals surface area contributed by atoms with Crippen LogP contribution in [0.5, 0.6) is 0 Å². The van der Waals surface area contributed by atoms with Gasteiger partial charge in [-0.15, -0.1) is 0 Å². The monoisotopic (exact) mass is 280 g/mol. The molecule has 0 spiro atoms. The zero-order valence-electron chi connectivity index (χ0n) is 11.5. The lowest BCUT2D eigenvalue weighted by atomic mass is 10.1. The Morgan fingerprint density at radius 2 is 1.90 bits per heavy atom. The van der Waals surface area contributed by atoms with Crippen LogP contribution in [0.3, 0.4) is 0 Å². The predicted octanol–water partition coefficient (Wildman–Crippen LogP) is 1.30. The van der Waals surface area contributed by atoms with Crippen molar-refractivity contribution in [3.63, 3.8) is 0 Å². The highest BCUT2D eigenvalue weighted by atomic mass is 16.4. The number of nitrogens with one attached hydrogen (secondary N) is 1. The van der Waals surface area contributed by atoms with E-state index in [-0.39, 0.29) is 18.2 Å². The van der Waals surface area contributed by atoms with Gasteiger partial charge in [-0.1, -0.05) is 12.1 Å². The normalized spacial score (nSPS) is 10.1. The summed E-state index contributed by atoms with van der Waals surface area (Å²) in [5.74, 6) is -0.971. The van der Waals surface area contributed by atoms with Gasteiger partial charge < -0.3 is 20.4 Å². The molecule has 1 aromatic carbocycles. The Balaban J connectivity index is 2.49. The highest BCUT2D eigenvalue weighted by Gasteiger charge is 2.10. The first-order valence-corrected chi connectivity index (χ1v) is 6.54. The van der Waals surface area contributed by atoms with Gasteiger partial charge in [0, 0.05) is 26.2 Å². The Labute approximate surface area is 118 Å². The molecule has 0 saturated carbocycles. The lowest BCUT2D eigenvalue weighted by molar-refractivity contribution is 0.0697. The van der Waals surface area contributed by atoms with E-state index in [2.05, 4.69) is 5.32 Å². The number of rotatable bonds is 7. The van der Waals surface area contributed by atoms with Crippen molar-refractivity contribution in [1.29, 1.82) is 0 Å². The molecule has 0 aliphatic rings. The Morgan fingerprint density at radius 3 is 2.40 bits per heavy atom. The van der Waals surface area contributed by atoms with E-state index in [1.165, 1.54) is 12.1 Å². The second-order valence-corrected chi connectivity index (χ2v) is 4.32. The van der Waals surface area contributed by atoms with E-state index < -0.39 is 5.97 Å². The maximum atomic E-state index is 11.9. The molecule has 0 atom stereocenters. The third-order valence-corrected chi connectivity index (χ3v) is 2.90. The fraction of sp³-hybridized carbons (Fsp3) is 0.429. The Bertz CT molecular complexity index is 445. The van der Waals surface area contributed by atoms with Crippen molar-refractivity contribution in [3.05, 3.63) is 35.4 Å². The van der Waals surface area contributed by atoms with Gasteiger partial charge in [-0.25, -0.2) is 9.59 Å². The molecule has 20 heavy (non-hydrogen) atoms. The third kappa shape index (κ3) is 4.89. The molecule has 1 rings (SSSR count). The van der Waals surface area contributed by atoms with Crippen LogP contribution in [0, 0.1) is 0 Å². The van der Waals surface area contributed by atoms with E-state index in [1.807, 2.05) is 6.92 Å². The molecule has 0 saturated heterocycles. The smallest absolute Gasteiger partial charge is 0.335 e. The van der Waals surface area contributed by atoms with Crippen LogP contribution in [0.4, 0.5) is 4.79 Å². The highest BCUT2D eigenvalue weighted by Crippen LogP contribution is 2.04. The predicted molar refractivity (Wildman–Crippen MR) is 74.6 cm³/mol. The van der Waals surface area contributed by atoms with Gasteiger partial charge >= 0.3 is 12.0 Å². The van der Waals surface area contributed by atoms with Crippen LogP contribution in [0.1, 0.15) is 29.3 Å². The van der Waals surface area contributed by atoms with Crippen LogP contribution in [0.15, 0.2) is 24.3 Å². The van der Waals surface area contributed by atoms with Crippen LogP contribution in [0.25, 0.3) is 0 Å². The molecule has 0 aliphatic heterocycles. The molecule has 0 bridgehead atoms. The molecular formula is C14H20N2O4. The second kappa shape index (κ2) is 8.16. The molecule has 6 nitrogen and oxygen atoms in total. The first-order chi connectivity index (χ1) is 9.58. The minimum Gasteiger partial charge on any atom is -0.478 e. The number of aromatic carboxylic acids is 1. The number of aliphatic hydroxyl groups excluding tert-OH is 1. The summed E-state index contributed by atoms with van der Waals surface area (Å²) >= 11 is 0. The Hall–Kier alpha value is -2.08. The number of aliphatic hydroxyl groups is 1. The van der Waals surface area contributed by atoms with Crippen molar-refractivity contribution in [2.75, 3.05) is 19.7 Å². The van der Waals surface area contributed by atoms with E-state index in [0.717, 1.165) is 5.56 Å². The quantitative estimate of drug-likeness (QED) is 0.702. The number of nitrogens with zero attached hydrogens (tertiary/aromatic N) is 1. The van der Waals surface area contributed by atoms with Crippen LogP contribution in [0.2, 0.25) is 0 Å². The zero-order chi connectivity index (χ0) is 15.0. The molecule has 0 aromatic heterocycles. The van der Waals surface area contributed by atoms with E-state index in [1.54, 1.807) is 17.0 Å². The van der Waals surface area contributed by atoms with Crippen molar-refractivity contribution in [2.24, 2.45) is 0 Å². The number of hydrogen-bond donors (Lipinski definition) is 3. The van der Waals surface area contributed by atoms with Gasteiger partial charge in [0.05, 0.1) is 5.56 Å². The fourth-order valence-electron chi connectivity index (χ4n) is 1.72. The minimum absolute atomic E-state index is 0.0560. The molecule has 2 amide bonds. The standard InChI is InChI=1S/C14H20N2O4/c1-2-16(8-3-9-17)14(20)15-10-11-4-6-12(7-5-11)13(18)19/h4-7,17H,2-3,8-10H2,1H3,(H,15,20)(H,18,19). The SMILES string of the molecule is CCN(CCCO)C(=O)NCc1ccc(C(=O)O)cc1. The third-order valence-electron chi connectivity index (χ3n) is 2.90. The van der Waals surface area contributed by atoms with Gasteiger partial charge in [-0.05, 0) is 31.0 Å². The second-order valence-electron chi connectivity index (χ2n) is 4.32. The highest BCUT2D eigenvalue weighted by molar-refractivity contribution is 5.87. The Kier molecular flexibility index (Phi) is 6.52. The molecule has 110 valence electrons. The minimum atomic E-state index is -0.971. The van der Waals surface area contributed by atoms with Crippen molar-refractivity contribution in [2.45, 2.75) is 19.9 Å². The first kappa shape index (κ1) is 16.0. The van der Waals surface area contributed by atoms with Crippen molar-refractivity contribution in [1.82, 2.24) is 10.2 Å². The zero-order valence-corrected chi connectivity index (χ0v) is 11.5. The summed E-state index contributed by atoms with van der Waals surface area (Å²) in [5.41, 5.74) is 1.06. The summed E-state index contributed by atoms with van der Waals surface area (Å²) in [6, 6.07) is 6.17. The van der Waals surface area contributed by atoms with E-state index in [4.69, 9.17) is 10.2 Å². The van der Waals surface area contributed by atoms with Gasteiger partial charge in [0.25, 0.3) is 0 Å². The van der Waals surface area contributed by atoms with Crippen molar-refractivity contribution in [3.8, 4) is 0 Å². The topological polar surface area (TPSA) is 89.9 Å². The van der Waals surface area contributed by atoms with Crippen LogP contribution in [-0.4, -0.2) is 46.8 Å². The summed E-state index contributed by atoms with van der Waals surface area (Å²) in [6.45, 7) is 3.36. The van der Waals surface area contributed by atoms with Crippen molar-refractivity contribution >= 4 is 12.0 Å². The molecule has 1 aromatic rings. The van der Waals surface area contributed by atoms with E-state index in [0.29, 0.717) is 26.1 Å². The lowest BCUT2D eigenvalue weighted by Gasteiger charge is -2.21. The number of carbonyl (C=O) groups is 2.